The Morgan fingerprint density at radius 2 is 0.643 bits per heavy atom. The van der Waals surface area contributed by atoms with Gasteiger partial charge in [0.1, 0.15) is 0 Å². The summed E-state index contributed by atoms with van der Waals surface area (Å²) in [7, 11) is -3.05. The number of rotatable bonds is 3. The molecule has 0 unspecified atom stereocenters. The number of hydrogen-bond donors (Lipinski definition) is 0. The van der Waals surface area contributed by atoms with Crippen molar-refractivity contribution in [3.63, 3.8) is 0 Å². The molecule has 0 aromatic rings. The summed E-state index contributed by atoms with van der Waals surface area (Å²) in [5.41, 5.74) is 0. The minimum atomic E-state index is -1.02. The fourth-order valence-electron chi connectivity index (χ4n) is 3.38. The summed E-state index contributed by atoms with van der Waals surface area (Å²) in [4.78, 5) is 2.06. The Morgan fingerprint density at radius 1 is 0.500 bits per heavy atom. The van der Waals surface area contributed by atoms with Gasteiger partial charge in [-0.1, -0.05) is 58.9 Å². The molecule has 0 heterocycles. The zero-order valence-electron chi connectivity index (χ0n) is 12.0. The van der Waals surface area contributed by atoms with Crippen LogP contribution >= 0.6 is 0 Å². The second-order valence-electron chi connectivity index (χ2n) is 7.12. The summed E-state index contributed by atoms with van der Waals surface area (Å²) in [5.74, 6) is 0. The fourth-order valence-corrected chi connectivity index (χ4v) is 30.4. The molecule has 2 radical (unpaired) electrons. The normalized spacial score (nSPS) is 14.1. The minimum absolute atomic E-state index is 0. The third-order valence-corrected chi connectivity index (χ3v) is 20.2. The Hall–Kier alpha value is 1.25. The molecule has 80 valence electrons. The van der Waals surface area contributed by atoms with Gasteiger partial charge in [0.2, 0.25) is 0 Å². The maximum atomic E-state index is 2.53. The van der Waals surface area contributed by atoms with Crippen molar-refractivity contribution < 1.29 is 0 Å². The van der Waals surface area contributed by atoms with Crippen molar-refractivity contribution in [3.05, 3.63) is 4.79 Å². The van der Waals surface area contributed by atoms with Gasteiger partial charge < -0.3 is 0 Å². The Bertz CT molecular complexity index is 138. The summed E-state index contributed by atoms with van der Waals surface area (Å²) < 4.78 is 0. The molecule has 4 heteroatoms. The van der Waals surface area contributed by atoms with E-state index in [1.807, 2.05) is 0 Å². The maximum absolute atomic E-state index is 2.53. The molecule has 0 aliphatic carbocycles. The van der Waals surface area contributed by atoms with Gasteiger partial charge in [0, 0.05) is 43.1 Å². The molecule has 0 N–H and O–H groups in total. The largest absolute Gasteiger partial charge is 0.0696 e. The summed E-state index contributed by atoms with van der Waals surface area (Å²) in [6.45, 7) is 22.7. The van der Waals surface area contributed by atoms with Crippen LogP contribution in [0.5, 0.6) is 0 Å². The van der Waals surface area contributed by atoms with Gasteiger partial charge in [-0.25, -0.2) is 0 Å². The van der Waals surface area contributed by atoms with Crippen molar-refractivity contribution >= 4 is 43.1 Å². The summed E-state index contributed by atoms with van der Waals surface area (Å²) in [6.07, 6.45) is 0. The molecule has 0 saturated carbocycles. The van der Waals surface area contributed by atoms with Gasteiger partial charge in [-0.2, -0.15) is 0 Å². The van der Waals surface area contributed by atoms with Gasteiger partial charge in [-0.05, 0) is 4.79 Å². The van der Waals surface area contributed by atoms with E-state index in [0.29, 0.717) is 0 Å². The predicted molar refractivity (Wildman–Crippen MR) is 79.0 cm³/mol. The van der Waals surface area contributed by atoms with E-state index in [0.717, 1.165) is 0 Å². The van der Waals surface area contributed by atoms with Gasteiger partial charge in [-0.15, -0.1) is 0 Å². The van der Waals surface area contributed by atoms with Crippen LogP contribution in [0.25, 0.3) is 0 Å². The van der Waals surface area contributed by atoms with E-state index in [1.54, 1.807) is 0 Å². The van der Waals surface area contributed by atoms with Crippen LogP contribution < -0.4 is 0 Å². The fraction of sp³-hybridized carbons (Fsp3) is 0.900. The Balaban J connectivity index is 0. The third kappa shape index (κ3) is 5.36. The molecule has 0 nitrogen and oxygen atoms in total. The van der Waals surface area contributed by atoms with Gasteiger partial charge in [0.05, 0.1) is 0 Å². The molecule has 0 fully saturated rings. The monoisotopic (exact) mass is 238 g/mol. The second kappa shape index (κ2) is 5.05. The minimum Gasteiger partial charge on any atom is -0.0696 e. The Labute approximate surface area is 106 Å². The molecule has 0 aromatic carbocycles. The Kier molecular flexibility index (Phi) is 6.36. The number of hydrogen-bond acceptors (Lipinski definition) is 0. The van der Waals surface area contributed by atoms with Crippen LogP contribution in [0, 0.1) is 4.79 Å². The molecule has 0 atom stereocenters. The SMILES string of the molecule is C[Si](C)(C)[C]([Si](C)(C)C)[Si](C)(C)C.[Li]. The zero-order chi connectivity index (χ0) is 11.1. The molecule has 0 aliphatic heterocycles. The van der Waals surface area contributed by atoms with Crippen molar-refractivity contribution in [2.24, 2.45) is 0 Å². The van der Waals surface area contributed by atoms with Gasteiger partial charge in [0.25, 0.3) is 0 Å². The van der Waals surface area contributed by atoms with E-state index in [9.17, 15) is 0 Å². The van der Waals surface area contributed by atoms with Crippen molar-refractivity contribution in [2.75, 3.05) is 0 Å². The van der Waals surface area contributed by atoms with Crippen LogP contribution in [0.4, 0.5) is 0 Å². The van der Waals surface area contributed by atoms with Crippen molar-refractivity contribution in [1.82, 2.24) is 0 Å². The smallest absolute Gasteiger partial charge is 0.0449 e. The van der Waals surface area contributed by atoms with E-state index < -0.39 is 24.2 Å². The van der Waals surface area contributed by atoms with E-state index in [4.69, 9.17) is 0 Å². The molecule has 0 aromatic heterocycles. The standard InChI is InChI=1S/C10H27Si3.Li/c1-11(2,3)10(12(4,5)6)13(7,8)9;/h1-9H3;. The molecular formula is C10H27LiSi3. The molecule has 0 spiro atoms. The molecular weight excluding hydrogens is 211 g/mol. The molecule has 14 heavy (non-hydrogen) atoms. The molecule has 0 rings (SSSR count). The van der Waals surface area contributed by atoms with Crippen molar-refractivity contribution in [2.45, 2.75) is 58.9 Å². The molecule has 0 bridgehead atoms. The van der Waals surface area contributed by atoms with E-state index in [1.165, 1.54) is 0 Å². The Morgan fingerprint density at radius 3 is 0.643 bits per heavy atom. The van der Waals surface area contributed by atoms with Crippen LogP contribution in [0.3, 0.4) is 0 Å². The maximum Gasteiger partial charge on any atom is 0.0449 e. The van der Waals surface area contributed by atoms with Crippen LogP contribution in [0.15, 0.2) is 0 Å². The van der Waals surface area contributed by atoms with Crippen LogP contribution in [0.1, 0.15) is 0 Å². The first kappa shape index (κ1) is 17.6. The first-order valence-electron chi connectivity index (χ1n) is 5.25. The van der Waals surface area contributed by atoms with Crippen molar-refractivity contribution in [3.8, 4) is 0 Å². The van der Waals surface area contributed by atoms with Gasteiger partial charge in [0.15, 0.2) is 0 Å². The molecule has 0 amide bonds. The molecule has 0 aliphatic rings. The first-order chi connectivity index (χ1) is 5.37. The zero-order valence-corrected chi connectivity index (χ0v) is 15.0. The van der Waals surface area contributed by atoms with E-state index in [-0.39, 0.29) is 18.9 Å². The quantitative estimate of drug-likeness (QED) is 0.656. The average Bonchev–Trinajstić information content (AvgIpc) is 1.44. The average molecular weight is 239 g/mol. The van der Waals surface area contributed by atoms with Crippen molar-refractivity contribution in [1.29, 1.82) is 0 Å². The van der Waals surface area contributed by atoms with Crippen LogP contribution in [-0.4, -0.2) is 43.1 Å². The third-order valence-electron chi connectivity index (χ3n) is 2.25. The molecule has 0 saturated heterocycles. The van der Waals surface area contributed by atoms with E-state index in [2.05, 4.69) is 63.7 Å². The van der Waals surface area contributed by atoms with Crippen LogP contribution in [0.2, 0.25) is 58.9 Å². The van der Waals surface area contributed by atoms with E-state index >= 15 is 0 Å². The topological polar surface area (TPSA) is 0 Å². The summed E-state index contributed by atoms with van der Waals surface area (Å²) in [6, 6.07) is 0. The van der Waals surface area contributed by atoms with Gasteiger partial charge in [-0.3, -0.25) is 0 Å². The summed E-state index contributed by atoms with van der Waals surface area (Å²) >= 11 is 0. The summed E-state index contributed by atoms with van der Waals surface area (Å²) in [5, 5.41) is 0. The second-order valence-corrected chi connectivity index (χ2v) is 23.6. The first-order valence-corrected chi connectivity index (χ1v) is 15.8. The van der Waals surface area contributed by atoms with Gasteiger partial charge >= 0.3 is 0 Å². The predicted octanol–water partition coefficient (Wildman–Crippen LogP) is 3.81. The van der Waals surface area contributed by atoms with Crippen LogP contribution in [-0.2, 0) is 0 Å².